The van der Waals surface area contributed by atoms with Gasteiger partial charge in [-0.3, -0.25) is 0 Å². The van der Waals surface area contributed by atoms with Crippen molar-refractivity contribution in [2.24, 2.45) is 5.92 Å². The van der Waals surface area contributed by atoms with Crippen molar-refractivity contribution in [3.05, 3.63) is 39.7 Å². The predicted molar refractivity (Wildman–Crippen MR) is 82.4 cm³/mol. The van der Waals surface area contributed by atoms with E-state index >= 15 is 0 Å². The zero-order chi connectivity index (χ0) is 14.1. The van der Waals surface area contributed by atoms with Crippen LogP contribution in [0.4, 0.5) is 5.69 Å². The van der Waals surface area contributed by atoms with Crippen LogP contribution in [0.25, 0.3) is 11.0 Å². The maximum atomic E-state index is 11.5. The van der Waals surface area contributed by atoms with Crippen LogP contribution in [0.3, 0.4) is 0 Å². The SMILES string of the molecule is CCC[C@@H]1CCc2cc3c(C)cc(=O)oc3cc2NC1. The Morgan fingerprint density at radius 2 is 2.20 bits per heavy atom. The molecule has 1 aromatic carbocycles. The van der Waals surface area contributed by atoms with Crippen molar-refractivity contribution in [2.45, 2.75) is 39.5 Å². The molecule has 2 heterocycles. The Bertz CT molecular complexity index is 687. The third-order valence-corrected chi connectivity index (χ3v) is 4.28. The van der Waals surface area contributed by atoms with E-state index in [1.54, 1.807) is 6.07 Å². The second-order valence-corrected chi connectivity index (χ2v) is 5.83. The van der Waals surface area contributed by atoms with Crippen LogP contribution in [0.1, 0.15) is 37.3 Å². The molecule has 2 aromatic rings. The molecule has 0 fully saturated rings. The Labute approximate surface area is 119 Å². The number of nitrogens with one attached hydrogen (secondary N) is 1. The Morgan fingerprint density at radius 1 is 1.35 bits per heavy atom. The van der Waals surface area contributed by atoms with Crippen molar-refractivity contribution in [1.82, 2.24) is 0 Å². The summed E-state index contributed by atoms with van der Waals surface area (Å²) in [5.41, 5.74) is 3.88. The van der Waals surface area contributed by atoms with Gasteiger partial charge in [-0.05, 0) is 49.3 Å². The highest BCUT2D eigenvalue weighted by Crippen LogP contribution is 2.30. The molecule has 1 aliphatic rings. The standard InChI is InChI=1S/C17H21NO2/c1-3-4-12-5-6-13-8-14-11(2)7-17(19)20-16(14)9-15(13)18-10-12/h7-9,12,18H,3-6,10H2,1-2H3/t12-/m1/s1. The molecule has 0 unspecified atom stereocenters. The van der Waals surface area contributed by atoms with Gasteiger partial charge in [0.05, 0.1) is 0 Å². The van der Waals surface area contributed by atoms with Crippen molar-refractivity contribution >= 4 is 16.7 Å². The smallest absolute Gasteiger partial charge is 0.336 e. The van der Waals surface area contributed by atoms with Crippen LogP contribution in [0.5, 0.6) is 0 Å². The molecule has 1 atom stereocenters. The summed E-state index contributed by atoms with van der Waals surface area (Å²) in [7, 11) is 0. The summed E-state index contributed by atoms with van der Waals surface area (Å²) in [6.45, 7) is 5.22. The summed E-state index contributed by atoms with van der Waals surface area (Å²) in [6.07, 6.45) is 4.84. The van der Waals surface area contributed by atoms with Crippen LogP contribution in [0.2, 0.25) is 0 Å². The maximum Gasteiger partial charge on any atom is 0.336 e. The summed E-state index contributed by atoms with van der Waals surface area (Å²) < 4.78 is 5.33. The topological polar surface area (TPSA) is 42.2 Å². The van der Waals surface area contributed by atoms with Gasteiger partial charge in [0.2, 0.25) is 0 Å². The first kappa shape index (κ1) is 13.2. The highest BCUT2D eigenvalue weighted by Gasteiger charge is 2.16. The molecule has 1 aromatic heterocycles. The molecule has 3 nitrogen and oxygen atoms in total. The normalized spacial score (nSPS) is 18.4. The van der Waals surface area contributed by atoms with E-state index in [0.717, 1.165) is 35.5 Å². The summed E-state index contributed by atoms with van der Waals surface area (Å²) in [4.78, 5) is 11.5. The molecule has 0 bridgehead atoms. The minimum absolute atomic E-state index is 0.271. The van der Waals surface area contributed by atoms with Crippen LogP contribution < -0.4 is 10.9 Å². The van der Waals surface area contributed by atoms with Crippen LogP contribution in [-0.4, -0.2) is 6.54 Å². The van der Waals surface area contributed by atoms with Crippen molar-refractivity contribution in [3.8, 4) is 0 Å². The Morgan fingerprint density at radius 3 is 3.00 bits per heavy atom. The lowest BCUT2D eigenvalue weighted by Crippen LogP contribution is -2.11. The lowest BCUT2D eigenvalue weighted by molar-refractivity contribution is 0.474. The Balaban J connectivity index is 2.03. The average molecular weight is 271 g/mol. The first-order valence-corrected chi connectivity index (χ1v) is 7.48. The molecule has 0 aliphatic carbocycles. The third kappa shape index (κ3) is 2.45. The number of fused-ring (bicyclic) bond motifs is 2. The first-order chi connectivity index (χ1) is 9.67. The van der Waals surface area contributed by atoms with Gasteiger partial charge in [0.15, 0.2) is 0 Å². The van der Waals surface area contributed by atoms with Gasteiger partial charge in [0.1, 0.15) is 5.58 Å². The van der Waals surface area contributed by atoms with E-state index in [-0.39, 0.29) is 5.63 Å². The van der Waals surface area contributed by atoms with E-state index in [2.05, 4.69) is 18.3 Å². The van der Waals surface area contributed by atoms with E-state index in [0.29, 0.717) is 5.58 Å². The quantitative estimate of drug-likeness (QED) is 0.843. The van der Waals surface area contributed by atoms with E-state index in [1.165, 1.54) is 24.8 Å². The minimum atomic E-state index is -0.271. The second kappa shape index (κ2) is 5.31. The molecule has 1 aliphatic heterocycles. The Kier molecular flexibility index (Phi) is 3.51. The number of benzene rings is 1. The molecule has 0 saturated heterocycles. The van der Waals surface area contributed by atoms with E-state index in [4.69, 9.17) is 4.42 Å². The lowest BCUT2D eigenvalue weighted by atomic mass is 9.96. The van der Waals surface area contributed by atoms with Gasteiger partial charge in [-0.25, -0.2) is 4.79 Å². The third-order valence-electron chi connectivity index (χ3n) is 4.28. The monoisotopic (exact) mass is 271 g/mol. The fourth-order valence-corrected chi connectivity index (χ4v) is 3.15. The molecule has 106 valence electrons. The zero-order valence-electron chi connectivity index (χ0n) is 12.2. The van der Waals surface area contributed by atoms with Crippen LogP contribution >= 0.6 is 0 Å². The molecule has 0 saturated carbocycles. The summed E-state index contributed by atoms with van der Waals surface area (Å²) in [6, 6.07) is 5.75. The number of hydrogen-bond donors (Lipinski definition) is 1. The van der Waals surface area contributed by atoms with E-state index in [1.807, 2.05) is 13.0 Å². The fraction of sp³-hybridized carbons (Fsp3) is 0.471. The summed E-state index contributed by atoms with van der Waals surface area (Å²) >= 11 is 0. The number of hydrogen-bond acceptors (Lipinski definition) is 3. The fourth-order valence-electron chi connectivity index (χ4n) is 3.15. The van der Waals surface area contributed by atoms with Crippen molar-refractivity contribution in [1.29, 1.82) is 0 Å². The number of rotatable bonds is 2. The van der Waals surface area contributed by atoms with Crippen LogP contribution in [0, 0.1) is 12.8 Å². The van der Waals surface area contributed by atoms with Crippen LogP contribution in [0.15, 0.2) is 27.4 Å². The number of aryl methyl sites for hydroxylation is 2. The van der Waals surface area contributed by atoms with E-state index < -0.39 is 0 Å². The molecule has 3 heteroatoms. The largest absolute Gasteiger partial charge is 0.423 e. The molecular formula is C17H21NO2. The van der Waals surface area contributed by atoms with Gasteiger partial charge in [-0.2, -0.15) is 0 Å². The molecule has 3 rings (SSSR count). The molecule has 0 amide bonds. The minimum Gasteiger partial charge on any atom is -0.423 e. The molecule has 0 radical (unpaired) electrons. The molecule has 0 spiro atoms. The van der Waals surface area contributed by atoms with Gasteiger partial charge in [-0.15, -0.1) is 0 Å². The van der Waals surface area contributed by atoms with Crippen molar-refractivity contribution in [2.75, 3.05) is 11.9 Å². The lowest BCUT2D eigenvalue weighted by Gasteiger charge is -2.12. The molecule has 20 heavy (non-hydrogen) atoms. The summed E-state index contributed by atoms with van der Waals surface area (Å²) in [5, 5.41) is 4.58. The van der Waals surface area contributed by atoms with Gasteiger partial charge >= 0.3 is 5.63 Å². The average Bonchev–Trinajstić information content (AvgIpc) is 2.60. The van der Waals surface area contributed by atoms with E-state index in [9.17, 15) is 4.79 Å². The highest BCUT2D eigenvalue weighted by molar-refractivity contribution is 5.85. The van der Waals surface area contributed by atoms with Crippen molar-refractivity contribution in [3.63, 3.8) is 0 Å². The van der Waals surface area contributed by atoms with Crippen molar-refractivity contribution < 1.29 is 4.42 Å². The molecule has 1 N–H and O–H groups in total. The number of anilines is 1. The van der Waals surface area contributed by atoms with Crippen LogP contribution in [-0.2, 0) is 6.42 Å². The first-order valence-electron chi connectivity index (χ1n) is 7.48. The Hall–Kier alpha value is -1.77. The second-order valence-electron chi connectivity index (χ2n) is 5.83. The van der Waals surface area contributed by atoms with Gasteiger partial charge in [0, 0.05) is 29.8 Å². The van der Waals surface area contributed by atoms with Gasteiger partial charge in [0.25, 0.3) is 0 Å². The predicted octanol–water partition coefficient (Wildman–Crippen LogP) is 3.88. The highest BCUT2D eigenvalue weighted by atomic mass is 16.4. The van der Waals surface area contributed by atoms with Gasteiger partial charge < -0.3 is 9.73 Å². The summed E-state index contributed by atoms with van der Waals surface area (Å²) in [5.74, 6) is 0.739. The van der Waals surface area contributed by atoms with Gasteiger partial charge in [-0.1, -0.05) is 13.3 Å². The molecular weight excluding hydrogens is 250 g/mol. The zero-order valence-corrected chi connectivity index (χ0v) is 12.2. The maximum absolute atomic E-state index is 11.5.